The third kappa shape index (κ3) is 5.08. The van der Waals surface area contributed by atoms with Crippen LogP contribution in [-0.4, -0.2) is 49.3 Å². The van der Waals surface area contributed by atoms with Crippen LogP contribution in [0.2, 0.25) is 0 Å². The van der Waals surface area contributed by atoms with Gasteiger partial charge in [-0.25, -0.2) is 4.79 Å². The van der Waals surface area contributed by atoms with Crippen molar-refractivity contribution in [2.24, 2.45) is 0 Å². The van der Waals surface area contributed by atoms with Crippen LogP contribution in [0.5, 0.6) is 5.75 Å². The third-order valence-electron chi connectivity index (χ3n) is 2.94. The highest BCUT2D eigenvalue weighted by molar-refractivity contribution is 5.86. The maximum absolute atomic E-state index is 10.9. The Bertz CT molecular complexity index is 625. The number of aromatic nitrogens is 1. The standard InChI is InChI=1S/C16H19NO6/c1-2-20-7-8-21-9-10-22-14-6-4-3-5-12(14)15-11-13(16(18)19)17-23-15/h3-6,11H,2,7-10H2,1H3,(H,18,19). The van der Waals surface area contributed by atoms with E-state index in [0.29, 0.717) is 50.1 Å². The number of rotatable bonds is 10. The number of benzene rings is 1. The second kappa shape index (κ2) is 8.92. The molecular weight excluding hydrogens is 302 g/mol. The van der Waals surface area contributed by atoms with Gasteiger partial charge in [-0.05, 0) is 19.1 Å². The summed E-state index contributed by atoms with van der Waals surface area (Å²) in [6, 6.07) is 8.55. The molecule has 7 heteroatoms. The topological polar surface area (TPSA) is 91.0 Å². The molecule has 23 heavy (non-hydrogen) atoms. The number of nitrogens with zero attached hydrogens (tertiary/aromatic N) is 1. The number of ether oxygens (including phenoxy) is 3. The normalized spacial score (nSPS) is 10.7. The highest BCUT2D eigenvalue weighted by Crippen LogP contribution is 2.30. The van der Waals surface area contributed by atoms with Crippen molar-refractivity contribution in [3.05, 3.63) is 36.0 Å². The third-order valence-corrected chi connectivity index (χ3v) is 2.94. The second-order valence-corrected chi connectivity index (χ2v) is 4.54. The molecule has 2 rings (SSSR count). The molecule has 0 fully saturated rings. The first-order valence-electron chi connectivity index (χ1n) is 7.30. The zero-order chi connectivity index (χ0) is 16.5. The number of carbonyl (C=O) groups is 1. The van der Waals surface area contributed by atoms with Gasteiger partial charge >= 0.3 is 5.97 Å². The first kappa shape index (κ1) is 17.0. The molecule has 0 radical (unpaired) electrons. The fraction of sp³-hybridized carbons (Fsp3) is 0.375. The van der Waals surface area contributed by atoms with Gasteiger partial charge in [0.25, 0.3) is 0 Å². The van der Waals surface area contributed by atoms with Gasteiger partial charge in [0, 0.05) is 12.7 Å². The number of carboxylic acid groups (broad SMARTS) is 1. The van der Waals surface area contributed by atoms with E-state index in [4.69, 9.17) is 23.8 Å². The summed E-state index contributed by atoms with van der Waals surface area (Å²) in [7, 11) is 0. The summed E-state index contributed by atoms with van der Waals surface area (Å²) in [5.41, 5.74) is 0.496. The van der Waals surface area contributed by atoms with E-state index in [1.54, 1.807) is 12.1 Å². The zero-order valence-electron chi connectivity index (χ0n) is 12.9. The molecule has 0 saturated carbocycles. The molecule has 1 heterocycles. The van der Waals surface area contributed by atoms with Gasteiger partial charge < -0.3 is 23.8 Å². The molecule has 2 aromatic rings. The Balaban J connectivity index is 1.91. The van der Waals surface area contributed by atoms with Crippen LogP contribution in [0.25, 0.3) is 11.3 Å². The van der Waals surface area contributed by atoms with E-state index in [-0.39, 0.29) is 5.69 Å². The Hall–Kier alpha value is -2.38. The van der Waals surface area contributed by atoms with Crippen molar-refractivity contribution in [3.8, 4) is 17.1 Å². The summed E-state index contributed by atoms with van der Waals surface area (Å²) in [5.74, 6) is -0.217. The van der Waals surface area contributed by atoms with Crippen LogP contribution >= 0.6 is 0 Å². The van der Waals surface area contributed by atoms with E-state index < -0.39 is 5.97 Å². The van der Waals surface area contributed by atoms with Crippen LogP contribution in [0.1, 0.15) is 17.4 Å². The van der Waals surface area contributed by atoms with E-state index in [0.717, 1.165) is 0 Å². The predicted octanol–water partition coefficient (Wildman–Crippen LogP) is 2.47. The lowest BCUT2D eigenvalue weighted by Gasteiger charge is -2.10. The quantitative estimate of drug-likeness (QED) is 0.672. The molecule has 7 nitrogen and oxygen atoms in total. The average molecular weight is 321 g/mol. The molecule has 0 saturated heterocycles. The summed E-state index contributed by atoms with van der Waals surface area (Å²) in [6.07, 6.45) is 0. The van der Waals surface area contributed by atoms with Crippen LogP contribution in [0.3, 0.4) is 0 Å². The number of aromatic carboxylic acids is 1. The molecule has 0 aliphatic heterocycles. The van der Waals surface area contributed by atoms with E-state index in [9.17, 15) is 4.79 Å². The van der Waals surface area contributed by atoms with Crippen molar-refractivity contribution >= 4 is 5.97 Å². The molecular formula is C16H19NO6. The summed E-state index contributed by atoms with van der Waals surface area (Å²) in [5, 5.41) is 12.4. The maximum Gasteiger partial charge on any atom is 0.358 e. The van der Waals surface area contributed by atoms with E-state index in [2.05, 4.69) is 5.16 Å². The predicted molar refractivity (Wildman–Crippen MR) is 81.7 cm³/mol. The highest BCUT2D eigenvalue weighted by Gasteiger charge is 2.15. The average Bonchev–Trinajstić information content (AvgIpc) is 3.04. The lowest BCUT2D eigenvalue weighted by Crippen LogP contribution is -2.11. The molecule has 0 aliphatic rings. The molecule has 1 aromatic carbocycles. The number of carboxylic acids is 1. The summed E-state index contributed by atoms with van der Waals surface area (Å²) in [4.78, 5) is 10.9. The fourth-order valence-corrected chi connectivity index (χ4v) is 1.87. The van der Waals surface area contributed by atoms with Gasteiger partial charge in [0.05, 0.1) is 25.4 Å². The Morgan fingerprint density at radius 1 is 1.17 bits per heavy atom. The monoisotopic (exact) mass is 321 g/mol. The van der Waals surface area contributed by atoms with Crippen LogP contribution in [0.15, 0.2) is 34.9 Å². The molecule has 1 aromatic heterocycles. The Labute approximate surface area is 133 Å². The van der Waals surface area contributed by atoms with E-state index in [1.807, 2.05) is 19.1 Å². The lowest BCUT2D eigenvalue weighted by atomic mass is 10.1. The van der Waals surface area contributed by atoms with Gasteiger partial charge in [-0.1, -0.05) is 17.3 Å². The van der Waals surface area contributed by atoms with Crippen molar-refractivity contribution in [1.29, 1.82) is 0 Å². The van der Waals surface area contributed by atoms with Crippen molar-refractivity contribution in [2.45, 2.75) is 6.92 Å². The Morgan fingerprint density at radius 2 is 1.91 bits per heavy atom. The minimum absolute atomic E-state index is 0.144. The smallest absolute Gasteiger partial charge is 0.358 e. The second-order valence-electron chi connectivity index (χ2n) is 4.54. The first-order chi connectivity index (χ1) is 11.2. The van der Waals surface area contributed by atoms with Crippen LogP contribution in [0, 0.1) is 0 Å². The fourth-order valence-electron chi connectivity index (χ4n) is 1.87. The number of hydrogen-bond acceptors (Lipinski definition) is 6. The van der Waals surface area contributed by atoms with Crippen molar-refractivity contribution < 1.29 is 28.6 Å². The summed E-state index contributed by atoms with van der Waals surface area (Å²) < 4.78 is 21.3. The van der Waals surface area contributed by atoms with E-state index >= 15 is 0 Å². The summed E-state index contributed by atoms with van der Waals surface area (Å²) in [6.45, 7) is 4.47. The molecule has 0 spiro atoms. The van der Waals surface area contributed by atoms with Gasteiger partial charge in [-0.3, -0.25) is 0 Å². The summed E-state index contributed by atoms with van der Waals surface area (Å²) >= 11 is 0. The van der Waals surface area contributed by atoms with Crippen LogP contribution in [-0.2, 0) is 9.47 Å². The molecule has 0 unspecified atom stereocenters. The number of hydrogen-bond donors (Lipinski definition) is 1. The molecule has 0 amide bonds. The van der Waals surface area contributed by atoms with Crippen LogP contribution in [0.4, 0.5) is 0 Å². The SMILES string of the molecule is CCOCCOCCOc1ccccc1-c1cc(C(=O)O)no1. The molecule has 124 valence electrons. The van der Waals surface area contributed by atoms with Gasteiger partial charge in [-0.2, -0.15) is 0 Å². The first-order valence-corrected chi connectivity index (χ1v) is 7.30. The minimum atomic E-state index is -1.14. The Kier molecular flexibility index (Phi) is 6.58. The van der Waals surface area contributed by atoms with Crippen LogP contribution < -0.4 is 4.74 Å². The lowest BCUT2D eigenvalue weighted by molar-refractivity contribution is 0.0405. The van der Waals surface area contributed by atoms with Crippen molar-refractivity contribution in [1.82, 2.24) is 5.16 Å². The largest absolute Gasteiger partial charge is 0.490 e. The maximum atomic E-state index is 10.9. The minimum Gasteiger partial charge on any atom is -0.490 e. The molecule has 0 atom stereocenters. The zero-order valence-corrected chi connectivity index (χ0v) is 12.9. The van der Waals surface area contributed by atoms with E-state index in [1.165, 1.54) is 6.07 Å². The highest BCUT2D eigenvalue weighted by atomic mass is 16.5. The Morgan fingerprint density at radius 3 is 2.65 bits per heavy atom. The molecule has 0 bridgehead atoms. The van der Waals surface area contributed by atoms with Crippen molar-refractivity contribution in [2.75, 3.05) is 33.0 Å². The van der Waals surface area contributed by atoms with Crippen molar-refractivity contribution in [3.63, 3.8) is 0 Å². The van der Waals surface area contributed by atoms with Gasteiger partial charge in [0.15, 0.2) is 11.5 Å². The van der Waals surface area contributed by atoms with Gasteiger partial charge in [0.1, 0.15) is 12.4 Å². The van der Waals surface area contributed by atoms with Gasteiger partial charge in [-0.15, -0.1) is 0 Å². The molecule has 0 aliphatic carbocycles. The van der Waals surface area contributed by atoms with Gasteiger partial charge in [0.2, 0.25) is 0 Å². The number of para-hydroxylation sites is 1. The molecule has 1 N–H and O–H groups in total.